The highest BCUT2D eigenvalue weighted by Crippen LogP contribution is 2.45. The topological polar surface area (TPSA) is 43.8 Å². The maximum atomic E-state index is 11.7. The Morgan fingerprint density at radius 3 is 2.55 bits per heavy atom. The Bertz CT molecular complexity index is 538. The highest BCUT2D eigenvalue weighted by atomic mass is 35.5. The third kappa shape index (κ3) is 3.14. The summed E-state index contributed by atoms with van der Waals surface area (Å²) in [7, 11) is 2.11. The van der Waals surface area contributed by atoms with Crippen LogP contribution in [0.2, 0.25) is 5.02 Å². The molecule has 1 aromatic carbocycles. The smallest absolute Gasteiger partial charge is 0.308 e. The lowest BCUT2D eigenvalue weighted by Crippen LogP contribution is -2.44. The maximum absolute atomic E-state index is 11.7. The lowest BCUT2D eigenvalue weighted by molar-refractivity contribution is -0.145. The average Bonchev–Trinajstić information content (AvgIpc) is 2.83. The van der Waals surface area contributed by atoms with Gasteiger partial charge in [0.2, 0.25) is 0 Å². The van der Waals surface area contributed by atoms with Gasteiger partial charge in [-0.05, 0) is 50.7 Å². The second-order valence-corrected chi connectivity index (χ2v) is 7.29. The fourth-order valence-corrected chi connectivity index (χ4v) is 4.08. The molecule has 0 bridgehead atoms. The van der Waals surface area contributed by atoms with Gasteiger partial charge >= 0.3 is 5.97 Å². The van der Waals surface area contributed by atoms with Crippen molar-refractivity contribution in [3.05, 3.63) is 34.9 Å². The zero-order valence-corrected chi connectivity index (χ0v) is 13.7. The number of halogens is 1. The zero-order valence-electron chi connectivity index (χ0n) is 13.0. The number of hydrogen-bond acceptors (Lipinski definition) is 3. The Kier molecular flexibility index (Phi) is 4.44. The SMILES string of the molecule is CN1CCC2(CC1)CN(Cc1ccc(Cl)cc1)C[C@@H]2C(=O)O. The van der Waals surface area contributed by atoms with E-state index in [-0.39, 0.29) is 11.3 Å². The van der Waals surface area contributed by atoms with E-state index in [0.717, 1.165) is 44.0 Å². The number of rotatable bonds is 3. The Morgan fingerprint density at radius 2 is 1.95 bits per heavy atom. The van der Waals surface area contributed by atoms with Crippen molar-refractivity contribution in [2.75, 3.05) is 33.2 Å². The van der Waals surface area contributed by atoms with Gasteiger partial charge in [0.25, 0.3) is 0 Å². The predicted octanol–water partition coefficient (Wildman–Crippen LogP) is 2.57. The van der Waals surface area contributed by atoms with Crippen LogP contribution in [0.15, 0.2) is 24.3 Å². The minimum absolute atomic E-state index is 0.0508. The second kappa shape index (κ2) is 6.19. The Morgan fingerprint density at radius 1 is 1.32 bits per heavy atom. The van der Waals surface area contributed by atoms with E-state index in [9.17, 15) is 9.90 Å². The monoisotopic (exact) mass is 322 g/mol. The molecule has 3 rings (SSSR count). The number of likely N-dealkylation sites (tertiary alicyclic amines) is 2. The molecule has 2 aliphatic heterocycles. The van der Waals surface area contributed by atoms with Crippen molar-refractivity contribution in [2.24, 2.45) is 11.3 Å². The summed E-state index contributed by atoms with van der Waals surface area (Å²) >= 11 is 5.93. The molecule has 22 heavy (non-hydrogen) atoms. The molecule has 2 saturated heterocycles. The van der Waals surface area contributed by atoms with E-state index in [0.29, 0.717) is 6.54 Å². The first-order valence-corrected chi connectivity index (χ1v) is 8.24. The number of aliphatic carboxylic acids is 1. The number of hydrogen-bond donors (Lipinski definition) is 1. The summed E-state index contributed by atoms with van der Waals surface area (Å²) in [4.78, 5) is 16.3. The number of nitrogens with zero attached hydrogens (tertiary/aromatic N) is 2. The zero-order chi connectivity index (χ0) is 15.7. The van der Waals surface area contributed by atoms with Crippen LogP contribution in [0, 0.1) is 11.3 Å². The molecule has 2 heterocycles. The molecule has 2 fully saturated rings. The fourth-order valence-electron chi connectivity index (χ4n) is 3.95. The van der Waals surface area contributed by atoms with Crippen LogP contribution in [0.4, 0.5) is 0 Å². The molecular formula is C17H23ClN2O2. The molecule has 0 aromatic heterocycles. The molecule has 0 saturated carbocycles. The van der Waals surface area contributed by atoms with Crippen LogP contribution in [-0.2, 0) is 11.3 Å². The van der Waals surface area contributed by atoms with Gasteiger partial charge in [-0.1, -0.05) is 23.7 Å². The minimum atomic E-state index is -0.636. The largest absolute Gasteiger partial charge is 0.481 e. The Hall–Kier alpha value is -1.10. The van der Waals surface area contributed by atoms with Crippen molar-refractivity contribution < 1.29 is 9.90 Å². The first-order valence-electron chi connectivity index (χ1n) is 7.87. The van der Waals surface area contributed by atoms with E-state index in [1.807, 2.05) is 24.3 Å². The maximum Gasteiger partial charge on any atom is 0.308 e. The normalized spacial score (nSPS) is 25.6. The molecule has 1 spiro atoms. The van der Waals surface area contributed by atoms with Crippen molar-refractivity contribution in [2.45, 2.75) is 19.4 Å². The summed E-state index contributed by atoms with van der Waals surface area (Å²) in [5, 5.41) is 10.4. The van der Waals surface area contributed by atoms with Gasteiger partial charge in [0.15, 0.2) is 0 Å². The standard InChI is InChI=1S/C17H23ClN2O2/c1-19-8-6-17(7-9-19)12-20(11-15(17)16(21)22)10-13-2-4-14(18)5-3-13/h2-5,15H,6-12H2,1H3,(H,21,22)/t15-/m1/s1. The van der Waals surface area contributed by atoms with E-state index >= 15 is 0 Å². The molecule has 0 aliphatic carbocycles. The molecule has 1 atom stereocenters. The third-order valence-electron chi connectivity index (χ3n) is 5.32. The molecule has 0 unspecified atom stereocenters. The van der Waals surface area contributed by atoms with E-state index in [1.54, 1.807) is 0 Å². The number of carboxylic acid groups (broad SMARTS) is 1. The first kappa shape index (κ1) is 15.8. The molecule has 1 N–H and O–H groups in total. The lowest BCUT2D eigenvalue weighted by Gasteiger charge is -2.40. The Balaban J connectivity index is 1.73. The summed E-state index contributed by atoms with van der Waals surface area (Å²) in [6.07, 6.45) is 1.97. The van der Waals surface area contributed by atoms with Gasteiger partial charge in [-0.2, -0.15) is 0 Å². The lowest BCUT2D eigenvalue weighted by atomic mass is 9.71. The van der Waals surface area contributed by atoms with E-state index < -0.39 is 5.97 Å². The van der Waals surface area contributed by atoms with Crippen LogP contribution < -0.4 is 0 Å². The molecule has 120 valence electrons. The quantitative estimate of drug-likeness (QED) is 0.929. The predicted molar refractivity (Wildman–Crippen MR) is 87.0 cm³/mol. The van der Waals surface area contributed by atoms with Crippen molar-refractivity contribution >= 4 is 17.6 Å². The van der Waals surface area contributed by atoms with Gasteiger partial charge in [-0.3, -0.25) is 9.69 Å². The summed E-state index contributed by atoms with van der Waals surface area (Å²) in [5.74, 6) is -0.878. The van der Waals surface area contributed by atoms with Gasteiger partial charge in [-0.15, -0.1) is 0 Å². The minimum Gasteiger partial charge on any atom is -0.481 e. The van der Waals surface area contributed by atoms with Gasteiger partial charge in [0, 0.05) is 30.1 Å². The van der Waals surface area contributed by atoms with Crippen molar-refractivity contribution in [3.8, 4) is 0 Å². The molecule has 2 aliphatic rings. The van der Waals surface area contributed by atoms with Crippen LogP contribution in [0.1, 0.15) is 18.4 Å². The van der Waals surface area contributed by atoms with E-state index in [2.05, 4.69) is 16.8 Å². The van der Waals surface area contributed by atoms with Gasteiger partial charge in [-0.25, -0.2) is 0 Å². The van der Waals surface area contributed by atoms with Crippen molar-refractivity contribution in [1.82, 2.24) is 9.80 Å². The fraction of sp³-hybridized carbons (Fsp3) is 0.588. The molecular weight excluding hydrogens is 300 g/mol. The molecule has 0 radical (unpaired) electrons. The van der Waals surface area contributed by atoms with Crippen molar-refractivity contribution in [1.29, 1.82) is 0 Å². The van der Waals surface area contributed by atoms with Crippen LogP contribution in [0.5, 0.6) is 0 Å². The van der Waals surface area contributed by atoms with Crippen molar-refractivity contribution in [3.63, 3.8) is 0 Å². The van der Waals surface area contributed by atoms with Gasteiger partial charge < -0.3 is 10.0 Å². The Labute approximate surface area is 136 Å². The number of benzene rings is 1. The van der Waals surface area contributed by atoms with E-state index in [4.69, 9.17) is 11.6 Å². The summed E-state index contributed by atoms with van der Waals surface area (Å²) in [6, 6.07) is 7.84. The van der Waals surface area contributed by atoms with Crippen LogP contribution in [-0.4, -0.2) is 54.1 Å². The number of carboxylic acids is 1. The number of carbonyl (C=O) groups is 1. The molecule has 0 amide bonds. The van der Waals surface area contributed by atoms with Gasteiger partial charge in [0.05, 0.1) is 5.92 Å². The van der Waals surface area contributed by atoms with Gasteiger partial charge in [0.1, 0.15) is 0 Å². The van der Waals surface area contributed by atoms with E-state index in [1.165, 1.54) is 5.56 Å². The third-order valence-corrected chi connectivity index (χ3v) is 5.57. The van der Waals surface area contributed by atoms with Crippen LogP contribution >= 0.6 is 11.6 Å². The highest BCUT2D eigenvalue weighted by molar-refractivity contribution is 6.30. The summed E-state index contributed by atoms with van der Waals surface area (Å²) < 4.78 is 0. The molecule has 5 heteroatoms. The first-order chi connectivity index (χ1) is 10.5. The summed E-state index contributed by atoms with van der Waals surface area (Å²) in [5.41, 5.74) is 1.14. The number of piperidine rings is 1. The van der Waals surface area contributed by atoms with Crippen LogP contribution in [0.3, 0.4) is 0 Å². The molecule has 1 aromatic rings. The van der Waals surface area contributed by atoms with Crippen LogP contribution in [0.25, 0.3) is 0 Å². The highest BCUT2D eigenvalue weighted by Gasteiger charge is 2.50. The summed E-state index contributed by atoms with van der Waals surface area (Å²) in [6.45, 7) is 4.35. The molecule has 4 nitrogen and oxygen atoms in total. The average molecular weight is 323 g/mol. The second-order valence-electron chi connectivity index (χ2n) is 6.85.